The van der Waals surface area contributed by atoms with Crippen LogP contribution in [0.1, 0.15) is 30.7 Å². The van der Waals surface area contributed by atoms with E-state index in [1.807, 2.05) is 24.3 Å². The Morgan fingerprint density at radius 3 is 2.47 bits per heavy atom. The van der Waals surface area contributed by atoms with E-state index >= 15 is 0 Å². The van der Waals surface area contributed by atoms with Crippen LogP contribution in [0.3, 0.4) is 0 Å². The number of aromatic nitrogens is 2. The van der Waals surface area contributed by atoms with Crippen LogP contribution in [0.4, 0.5) is 18.9 Å². The summed E-state index contributed by atoms with van der Waals surface area (Å²) in [4.78, 5) is 18.5. The lowest BCUT2D eigenvalue weighted by molar-refractivity contribution is -0.274. The fourth-order valence-electron chi connectivity index (χ4n) is 3.36. The van der Waals surface area contributed by atoms with Gasteiger partial charge in [-0.1, -0.05) is 24.2 Å². The first kappa shape index (κ1) is 19.9. The molecule has 3 aromatic rings. The maximum atomic E-state index is 12.5. The number of anilines is 1. The van der Waals surface area contributed by atoms with Gasteiger partial charge in [-0.05, 0) is 48.4 Å². The summed E-state index contributed by atoms with van der Waals surface area (Å²) >= 11 is 0. The highest BCUT2D eigenvalue weighted by molar-refractivity contribution is 5.96. The average molecular weight is 417 g/mol. The number of nitrogens with zero attached hydrogens (tertiary/aromatic N) is 3. The number of hydrogen-bond acceptors (Lipinski definition) is 5. The van der Waals surface area contributed by atoms with Gasteiger partial charge in [-0.2, -0.15) is 4.98 Å². The van der Waals surface area contributed by atoms with E-state index in [1.54, 1.807) is 4.90 Å². The van der Waals surface area contributed by atoms with Crippen molar-refractivity contribution in [1.82, 2.24) is 10.1 Å². The van der Waals surface area contributed by atoms with E-state index in [0.29, 0.717) is 17.9 Å². The molecule has 1 aliphatic rings. The lowest BCUT2D eigenvalue weighted by atomic mass is 10.1. The molecule has 1 saturated heterocycles. The first-order chi connectivity index (χ1) is 14.3. The second-order valence-corrected chi connectivity index (χ2v) is 6.96. The van der Waals surface area contributed by atoms with Gasteiger partial charge in [-0.25, -0.2) is 0 Å². The Balaban J connectivity index is 1.47. The van der Waals surface area contributed by atoms with Crippen molar-refractivity contribution in [2.75, 3.05) is 11.4 Å². The minimum Gasteiger partial charge on any atom is -0.406 e. The van der Waals surface area contributed by atoms with Crippen LogP contribution < -0.4 is 9.64 Å². The molecule has 1 atom stereocenters. The van der Waals surface area contributed by atoms with Crippen molar-refractivity contribution in [3.05, 3.63) is 59.9 Å². The van der Waals surface area contributed by atoms with Gasteiger partial charge >= 0.3 is 6.36 Å². The molecule has 0 bridgehead atoms. The third-order valence-electron chi connectivity index (χ3n) is 4.92. The van der Waals surface area contributed by atoms with Crippen LogP contribution in [-0.4, -0.2) is 29.0 Å². The fourth-order valence-corrected chi connectivity index (χ4v) is 3.36. The van der Waals surface area contributed by atoms with Crippen molar-refractivity contribution in [3.63, 3.8) is 0 Å². The number of rotatable bonds is 5. The molecule has 0 unspecified atom stereocenters. The fraction of sp³-hybridized carbons (Fsp3) is 0.286. The highest BCUT2D eigenvalue weighted by Crippen LogP contribution is 2.32. The number of ether oxygens (including phenoxy) is 1. The third-order valence-corrected chi connectivity index (χ3v) is 4.92. The van der Waals surface area contributed by atoms with E-state index in [4.69, 9.17) is 4.52 Å². The molecule has 2 aromatic carbocycles. The molecule has 1 aromatic heterocycles. The predicted octanol–water partition coefficient (Wildman–Crippen LogP) is 4.72. The predicted molar refractivity (Wildman–Crippen MR) is 102 cm³/mol. The van der Waals surface area contributed by atoms with Crippen molar-refractivity contribution in [2.45, 2.75) is 32.0 Å². The summed E-state index contributed by atoms with van der Waals surface area (Å²) in [6, 6.07) is 13.0. The minimum atomic E-state index is -4.75. The Labute approximate surface area is 170 Å². The first-order valence-electron chi connectivity index (χ1n) is 9.41. The molecule has 0 aliphatic carbocycles. The Kier molecular flexibility index (Phi) is 5.19. The van der Waals surface area contributed by atoms with Crippen LogP contribution >= 0.6 is 0 Å². The van der Waals surface area contributed by atoms with Crippen molar-refractivity contribution in [2.24, 2.45) is 0 Å². The number of hydrogen-bond donors (Lipinski definition) is 0. The van der Waals surface area contributed by atoms with Crippen molar-refractivity contribution in [1.29, 1.82) is 0 Å². The second-order valence-electron chi connectivity index (χ2n) is 6.96. The molecule has 0 N–H and O–H groups in total. The molecule has 1 amide bonds. The Bertz CT molecular complexity index is 1030. The van der Waals surface area contributed by atoms with Gasteiger partial charge in [0.15, 0.2) is 5.82 Å². The number of alkyl halides is 3. The molecule has 0 radical (unpaired) electrons. The number of amides is 1. The molecule has 9 heteroatoms. The Hall–Kier alpha value is -3.36. The number of aryl methyl sites for hydroxylation is 1. The molecular formula is C21H18F3N3O3. The largest absolute Gasteiger partial charge is 0.573 e. The number of carbonyl (C=O) groups is 1. The molecule has 2 heterocycles. The van der Waals surface area contributed by atoms with Crippen molar-refractivity contribution < 1.29 is 27.2 Å². The van der Waals surface area contributed by atoms with Crippen molar-refractivity contribution >= 4 is 11.6 Å². The third kappa shape index (κ3) is 4.29. The molecule has 30 heavy (non-hydrogen) atoms. The lowest BCUT2D eigenvalue weighted by Crippen LogP contribution is -2.24. The van der Waals surface area contributed by atoms with Crippen molar-refractivity contribution in [3.8, 4) is 17.2 Å². The summed E-state index contributed by atoms with van der Waals surface area (Å²) in [5, 5.41) is 3.97. The second kappa shape index (κ2) is 7.81. The van der Waals surface area contributed by atoms with Crippen LogP contribution in [0.2, 0.25) is 0 Å². The van der Waals surface area contributed by atoms with Gasteiger partial charge in [-0.3, -0.25) is 4.79 Å². The normalized spacial score (nSPS) is 16.9. The number of halogens is 3. The summed E-state index contributed by atoms with van der Waals surface area (Å²) in [6.07, 6.45) is -3.57. The van der Waals surface area contributed by atoms with E-state index in [9.17, 15) is 18.0 Å². The summed E-state index contributed by atoms with van der Waals surface area (Å²) in [7, 11) is 0. The van der Waals surface area contributed by atoms with Crippen LogP contribution in [0.5, 0.6) is 5.75 Å². The van der Waals surface area contributed by atoms with E-state index in [-0.39, 0.29) is 29.9 Å². The Morgan fingerprint density at radius 2 is 1.83 bits per heavy atom. The highest BCUT2D eigenvalue weighted by atomic mass is 19.4. The van der Waals surface area contributed by atoms with Gasteiger partial charge < -0.3 is 14.2 Å². The van der Waals surface area contributed by atoms with Crippen LogP contribution in [0.25, 0.3) is 11.5 Å². The SMILES string of the molecule is CCc1ccc(N2C[C@H](c3noc(-c4ccc(OC(F)(F)F)cc4)n3)CC2=O)cc1. The van der Waals surface area contributed by atoms with Gasteiger partial charge in [0.2, 0.25) is 5.91 Å². The standard InChI is InChI=1S/C21H18F3N3O3/c1-2-13-3-7-16(8-4-13)27-12-15(11-18(27)28)19-25-20(30-26-19)14-5-9-17(10-6-14)29-21(22,23)24/h3-10,15H,2,11-12H2,1H3/t15-/m1/s1. The average Bonchev–Trinajstić information content (AvgIpc) is 3.34. The molecule has 1 aliphatic heterocycles. The molecule has 156 valence electrons. The quantitative estimate of drug-likeness (QED) is 0.601. The molecule has 6 nitrogen and oxygen atoms in total. The highest BCUT2D eigenvalue weighted by Gasteiger charge is 2.35. The number of benzene rings is 2. The zero-order chi connectivity index (χ0) is 21.3. The topological polar surface area (TPSA) is 68.5 Å². The van der Waals surface area contributed by atoms with E-state index in [1.165, 1.54) is 29.8 Å². The maximum absolute atomic E-state index is 12.5. The maximum Gasteiger partial charge on any atom is 0.573 e. The zero-order valence-electron chi connectivity index (χ0n) is 16.0. The van der Waals surface area contributed by atoms with E-state index in [2.05, 4.69) is 21.8 Å². The zero-order valence-corrected chi connectivity index (χ0v) is 16.0. The Morgan fingerprint density at radius 1 is 1.13 bits per heavy atom. The van der Waals surface area contributed by atoms with Gasteiger partial charge in [0.25, 0.3) is 5.89 Å². The summed E-state index contributed by atoms with van der Waals surface area (Å²) in [5.41, 5.74) is 2.47. The minimum absolute atomic E-state index is 0.0238. The number of carbonyl (C=O) groups excluding carboxylic acids is 1. The van der Waals surface area contributed by atoms with Crippen LogP contribution in [0.15, 0.2) is 53.1 Å². The summed E-state index contributed by atoms with van der Waals surface area (Å²) in [5.74, 6) is -0.0292. The van der Waals surface area contributed by atoms with Gasteiger partial charge in [0, 0.05) is 30.1 Å². The molecule has 1 fully saturated rings. The summed E-state index contributed by atoms with van der Waals surface area (Å²) < 4.78 is 45.9. The van der Waals surface area contributed by atoms with Crippen LogP contribution in [-0.2, 0) is 11.2 Å². The smallest absolute Gasteiger partial charge is 0.406 e. The molecule has 0 saturated carbocycles. The van der Waals surface area contributed by atoms with Gasteiger partial charge in [-0.15, -0.1) is 13.2 Å². The lowest BCUT2D eigenvalue weighted by Gasteiger charge is -2.16. The molecule has 0 spiro atoms. The van der Waals surface area contributed by atoms with E-state index < -0.39 is 6.36 Å². The molecule has 4 rings (SSSR count). The monoisotopic (exact) mass is 417 g/mol. The van der Waals surface area contributed by atoms with Gasteiger partial charge in [0.05, 0.1) is 0 Å². The van der Waals surface area contributed by atoms with E-state index in [0.717, 1.165) is 12.1 Å². The molecular weight excluding hydrogens is 399 g/mol. The van der Waals surface area contributed by atoms with Crippen LogP contribution in [0, 0.1) is 0 Å². The first-order valence-corrected chi connectivity index (χ1v) is 9.41. The summed E-state index contributed by atoms with van der Waals surface area (Å²) in [6.45, 7) is 2.50. The van der Waals surface area contributed by atoms with Gasteiger partial charge in [0.1, 0.15) is 5.75 Å².